The van der Waals surface area contributed by atoms with Crippen molar-refractivity contribution in [1.29, 1.82) is 0 Å². The van der Waals surface area contributed by atoms with E-state index in [1.807, 2.05) is 26.0 Å². The van der Waals surface area contributed by atoms with Crippen LogP contribution in [0.15, 0.2) is 18.2 Å². The normalized spacial score (nSPS) is 10.3. The lowest BCUT2D eigenvalue weighted by Crippen LogP contribution is -2.15. The Balaban J connectivity index is 2.15. The second-order valence-electron chi connectivity index (χ2n) is 4.12. The van der Waals surface area contributed by atoms with Gasteiger partial charge in [0.2, 0.25) is 0 Å². The van der Waals surface area contributed by atoms with Crippen molar-refractivity contribution >= 4 is 17.5 Å². The van der Waals surface area contributed by atoms with E-state index in [-0.39, 0.29) is 11.9 Å². The van der Waals surface area contributed by atoms with Gasteiger partial charge in [-0.25, -0.2) is 0 Å². The molecule has 0 fully saturated rings. The van der Waals surface area contributed by atoms with Gasteiger partial charge in [-0.1, -0.05) is 5.10 Å². The summed E-state index contributed by atoms with van der Waals surface area (Å²) in [5.74, 6) is -0.0452. The van der Waals surface area contributed by atoms with Gasteiger partial charge in [-0.2, -0.15) is 4.80 Å². The maximum atomic E-state index is 12.1. The fourth-order valence-corrected chi connectivity index (χ4v) is 1.74. The average Bonchev–Trinajstić information content (AvgIpc) is 2.75. The minimum atomic E-state index is -0.242. The molecular formula is C12H16N6O. The molecule has 7 heteroatoms. The van der Waals surface area contributed by atoms with E-state index in [0.717, 1.165) is 17.8 Å². The van der Waals surface area contributed by atoms with E-state index >= 15 is 0 Å². The molecule has 0 saturated heterocycles. The van der Waals surface area contributed by atoms with Crippen LogP contribution in [0.4, 0.5) is 11.6 Å². The van der Waals surface area contributed by atoms with E-state index in [0.29, 0.717) is 5.56 Å². The first kappa shape index (κ1) is 13.0. The minimum Gasteiger partial charge on any atom is -0.385 e. The summed E-state index contributed by atoms with van der Waals surface area (Å²) in [6, 6.07) is 5.58. The zero-order valence-corrected chi connectivity index (χ0v) is 11.1. The molecule has 2 N–H and O–H groups in total. The topological polar surface area (TPSA) is 84.7 Å². The SMILES string of the molecule is CCNc1ccc(C(=O)Nc2nnn(C)n2)c(C)c1. The Morgan fingerprint density at radius 2 is 2.21 bits per heavy atom. The third kappa shape index (κ3) is 3.06. The van der Waals surface area contributed by atoms with Gasteiger partial charge in [-0.05, 0) is 42.8 Å². The van der Waals surface area contributed by atoms with E-state index in [2.05, 4.69) is 26.0 Å². The van der Waals surface area contributed by atoms with Crippen LogP contribution in [0.25, 0.3) is 0 Å². The molecule has 0 aliphatic carbocycles. The van der Waals surface area contributed by atoms with Crippen molar-refractivity contribution in [2.75, 3.05) is 17.2 Å². The number of nitrogens with one attached hydrogen (secondary N) is 2. The Labute approximate surface area is 111 Å². The van der Waals surface area contributed by atoms with Crippen LogP contribution in [-0.4, -0.2) is 32.7 Å². The molecule has 100 valence electrons. The summed E-state index contributed by atoms with van der Waals surface area (Å²) in [6.45, 7) is 4.75. The number of carbonyl (C=O) groups excluding carboxylic acids is 1. The Hall–Kier alpha value is -2.44. The molecule has 1 aromatic heterocycles. The maximum Gasteiger partial charge on any atom is 0.270 e. The van der Waals surface area contributed by atoms with Gasteiger partial charge in [0.15, 0.2) is 0 Å². The van der Waals surface area contributed by atoms with Crippen molar-refractivity contribution in [3.63, 3.8) is 0 Å². The van der Waals surface area contributed by atoms with Gasteiger partial charge >= 0.3 is 0 Å². The van der Waals surface area contributed by atoms with Gasteiger partial charge in [0.25, 0.3) is 11.9 Å². The summed E-state index contributed by atoms with van der Waals surface area (Å²) in [6.07, 6.45) is 0. The number of hydrogen-bond acceptors (Lipinski definition) is 5. The lowest BCUT2D eigenvalue weighted by atomic mass is 10.1. The molecule has 0 unspecified atom stereocenters. The molecule has 0 saturated carbocycles. The van der Waals surface area contributed by atoms with E-state index in [1.54, 1.807) is 13.1 Å². The number of nitrogens with zero attached hydrogens (tertiary/aromatic N) is 4. The molecule has 0 atom stereocenters. The lowest BCUT2D eigenvalue weighted by molar-refractivity contribution is 0.102. The molecule has 0 radical (unpaired) electrons. The van der Waals surface area contributed by atoms with Crippen molar-refractivity contribution in [2.45, 2.75) is 13.8 Å². The molecule has 1 aromatic carbocycles. The molecule has 2 aromatic rings. The van der Waals surface area contributed by atoms with Crippen LogP contribution in [-0.2, 0) is 7.05 Å². The molecule has 19 heavy (non-hydrogen) atoms. The number of benzene rings is 1. The predicted molar refractivity (Wildman–Crippen MR) is 72.1 cm³/mol. The van der Waals surface area contributed by atoms with Gasteiger partial charge in [0.1, 0.15) is 0 Å². The van der Waals surface area contributed by atoms with E-state index in [4.69, 9.17) is 0 Å². The minimum absolute atomic E-state index is 0.197. The van der Waals surface area contributed by atoms with Gasteiger partial charge in [0.05, 0.1) is 7.05 Å². The fraction of sp³-hybridized carbons (Fsp3) is 0.333. The van der Waals surface area contributed by atoms with Gasteiger partial charge in [0, 0.05) is 17.8 Å². The van der Waals surface area contributed by atoms with Crippen molar-refractivity contribution < 1.29 is 4.79 Å². The number of carbonyl (C=O) groups is 1. The first-order valence-corrected chi connectivity index (χ1v) is 6.00. The highest BCUT2D eigenvalue weighted by Gasteiger charge is 2.12. The monoisotopic (exact) mass is 260 g/mol. The number of aromatic nitrogens is 4. The van der Waals surface area contributed by atoms with Crippen LogP contribution in [0.1, 0.15) is 22.8 Å². The van der Waals surface area contributed by atoms with Crippen molar-refractivity contribution in [3.8, 4) is 0 Å². The zero-order chi connectivity index (χ0) is 13.8. The molecule has 1 amide bonds. The smallest absolute Gasteiger partial charge is 0.270 e. The van der Waals surface area contributed by atoms with Crippen molar-refractivity contribution in [1.82, 2.24) is 20.2 Å². The predicted octanol–water partition coefficient (Wildman–Crippen LogP) is 1.20. The van der Waals surface area contributed by atoms with Gasteiger partial charge < -0.3 is 5.32 Å². The molecule has 7 nitrogen and oxygen atoms in total. The quantitative estimate of drug-likeness (QED) is 0.863. The van der Waals surface area contributed by atoms with Crippen LogP contribution >= 0.6 is 0 Å². The third-order valence-corrected chi connectivity index (χ3v) is 2.59. The molecule has 1 heterocycles. The summed E-state index contributed by atoms with van der Waals surface area (Å²) in [7, 11) is 1.64. The summed E-state index contributed by atoms with van der Waals surface area (Å²) >= 11 is 0. The zero-order valence-electron chi connectivity index (χ0n) is 11.1. The summed E-state index contributed by atoms with van der Waals surface area (Å²) in [4.78, 5) is 13.4. The van der Waals surface area contributed by atoms with E-state index in [9.17, 15) is 4.79 Å². The first-order valence-electron chi connectivity index (χ1n) is 6.00. The third-order valence-electron chi connectivity index (χ3n) is 2.59. The molecule has 0 aliphatic rings. The number of aryl methyl sites for hydroxylation is 2. The summed E-state index contributed by atoms with van der Waals surface area (Å²) in [5, 5.41) is 17.1. The highest BCUT2D eigenvalue weighted by Crippen LogP contribution is 2.16. The molecule has 0 spiro atoms. The molecular weight excluding hydrogens is 244 g/mol. The molecule has 2 rings (SSSR count). The maximum absolute atomic E-state index is 12.1. The van der Waals surface area contributed by atoms with E-state index in [1.165, 1.54) is 4.80 Å². The Bertz CT molecular complexity index is 592. The number of tetrazole rings is 1. The van der Waals surface area contributed by atoms with Crippen LogP contribution in [0.5, 0.6) is 0 Å². The fourth-order valence-electron chi connectivity index (χ4n) is 1.74. The molecule has 0 aliphatic heterocycles. The summed E-state index contributed by atoms with van der Waals surface area (Å²) in [5.41, 5.74) is 2.48. The lowest BCUT2D eigenvalue weighted by Gasteiger charge is -2.08. The van der Waals surface area contributed by atoms with Gasteiger partial charge in [-0.15, -0.1) is 5.10 Å². The van der Waals surface area contributed by atoms with Crippen LogP contribution in [0.3, 0.4) is 0 Å². The Morgan fingerprint density at radius 3 is 2.79 bits per heavy atom. The summed E-state index contributed by atoms with van der Waals surface area (Å²) < 4.78 is 0. The Kier molecular flexibility index (Phi) is 3.74. The largest absolute Gasteiger partial charge is 0.385 e. The molecule has 0 bridgehead atoms. The van der Waals surface area contributed by atoms with Crippen molar-refractivity contribution in [2.24, 2.45) is 7.05 Å². The van der Waals surface area contributed by atoms with Crippen molar-refractivity contribution in [3.05, 3.63) is 29.3 Å². The highest BCUT2D eigenvalue weighted by molar-refractivity contribution is 6.04. The number of anilines is 2. The second kappa shape index (κ2) is 5.47. The Morgan fingerprint density at radius 1 is 1.42 bits per heavy atom. The first-order chi connectivity index (χ1) is 9.10. The number of amides is 1. The second-order valence-corrected chi connectivity index (χ2v) is 4.12. The average molecular weight is 260 g/mol. The van der Waals surface area contributed by atoms with Gasteiger partial charge in [-0.3, -0.25) is 10.1 Å². The number of hydrogen-bond donors (Lipinski definition) is 2. The van der Waals surface area contributed by atoms with Crippen LogP contribution in [0.2, 0.25) is 0 Å². The van der Waals surface area contributed by atoms with Crippen LogP contribution < -0.4 is 10.6 Å². The van der Waals surface area contributed by atoms with E-state index < -0.39 is 0 Å². The van der Waals surface area contributed by atoms with Crippen LogP contribution in [0, 0.1) is 6.92 Å². The number of rotatable bonds is 4. The standard InChI is InChI=1S/C12H16N6O/c1-4-13-9-5-6-10(8(2)7-9)11(19)14-12-15-17-18(3)16-12/h5-7,13H,4H2,1-3H3,(H,14,16,19). The highest BCUT2D eigenvalue weighted by atomic mass is 16.1.